The summed E-state index contributed by atoms with van der Waals surface area (Å²) in [5.41, 5.74) is 0.928. The maximum atomic E-state index is 11.9. The highest BCUT2D eigenvalue weighted by atomic mass is 16.5. The van der Waals surface area contributed by atoms with Gasteiger partial charge in [-0.1, -0.05) is 38.0 Å². The molecule has 0 aliphatic rings. The first kappa shape index (κ1) is 19.2. The summed E-state index contributed by atoms with van der Waals surface area (Å²) in [6, 6.07) is 5.06. The minimum absolute atomic E-state index is 0.0303. The van der Waals surface area contributed by atoms with Crippen LogP contribution in [0.15, 0.2) is 30.4 Å². The van der Waals surface area contributed by atoms with Gasteiger partial charge in [0.05, 0.1) is 13.2 Å². The fourth-order valence-corrected chi connectivity index (χ4v) is 2.33. The molecule has 0 spiro atoms. The van der Waals surface area contributed by atoms with Crippen LogP contribution in [0.1, 0.15) is 51.0 Å². The van der Waals surface area contributed by atoms with Crippen molar-refractivity contribution < 1.29 is 19.7 Å². The molecule has 0 aromatic heterocycles. The van der Waals surface area contributed by atoms with Crippen LogP contribution in [-0.4, -0.2) is 29.2 Å². The lowest BCUT2D eigenvalue weighted by Crippen LogP contribution is -2.11. The predicted octanol–water partition coefficient (Wildman–Crippen LogP) is 3.79. The molecule has 1 rings (SSSR count). The average molecular weight is 320 g/mol. The number of aliphatic hydroxyl groups excluding tert-OH is 1. The van der Waals surface area contributed by atoms with Gasteiger partial charge >= 0.3 is 0 Å². The molecule has 128 valence electrons. The number of ketones is 1. The molecule has 2 N–H and O–H groups in total. The molecular formula is C19H28O4. The fourth-order valence-electron chi connectivity index (χ4n) is 2.33. The number of methoxy groups -OCH3 is 1. The number of rotatable bonds is 11. The lowest BCUT2D eigenvalue weighted by atomic mass is 10.0. The van der Waals surface area contributed by atoms with Gasteiger partial charge in [0.15, 0.2) is 11.5 Å². The lowest BCUT2D eigenvalue weighted by molar-refractivity contribution is -0.120. The van der Waals surface area contributed by atoms with E-state index >= 15 is 0 Å². The molecule has 0 aliphatic heterocycles. The monoisotopic (exact) mass is 320 g/mol. The number of aliphatic hydroxyl groups is 1. The third kappa shape index (κ3) is 7.84. The van der Waals surface area contributed by atoms with Gasteiger partial charge < -0.3 is 14.9 Å². The number of aromatic hydroxyl groups is 1. The van der Waals surface area contributed by atoms with Gasteiger partial charge in [0.1, 0.15) is 5.78 Å². The molecule has 1 aromatic carbocycles. The van der Waals surface area contributed by atoms with Gasteiger partial charge in [-0.05, 0) is 37.0 Å². The van der Waals surface area contributed by atoms with Crippen molar-refractivity contribution in [3.8, 4) is 11.5 Å². The Balaban J connectivity index is 2.33. The largest absolute Gasteiger partial charge is 0.504 e. The highest BCUT2D eigenvalue weighted by Crippen LogP contribution is 2.26. The second kappa shape index (κ2) is 10.8. The van der Waals surface area contributed by atoms with Crippen molar-refractivity contribution in [3.63, 3.8) is 0 Å². The minimum atomic E-state index is -0.696. The van der Waals surface area contributed by atoms with Gasteiger partial charge in [0.2, 0.25) is 0 Å². The molecule has 1 aromatic rings. The van der Waals surface area contributed by atoms with E-state index in [9.17, 15) is 15.0 Å². The highest BCUT2D eigenvalue weighted by molar-refractivity contribution is 5.79. The third-order valence-electron chi connectivity index (χ3n) is 3.71. The fraction of sp³-hybridized carbons (Fsp3) is 0.526. The minimum Gasteiger partial charge on any atom is -0.504 e. The maximum Gasteiger partial charge on any atom is 0.160 e. The highest BCUT2D eigenvalue weighted by Gasteiger charge is 2.09. The van der Waals surface area contributed by atoms with Crippen molar-refractivity contribution in [3.05, 3.63) is 35.9 Å². The smallest absolute Gasteiger partial charge is 0.160 e. The second-order valence-corrected chi connectivity index (χ2v) is 5.74. The van der Waals surface area contributed by atoms with E-state index < -0.39 is 6.10 Å². The molecule has 0 bridgehead atoms. The Bertz CT molecular complexity index is 508. The number of hydrogen-bond donors (Lipinski definition) is 2. The van der Waals surface area contributed by atoms with Gasteiger partial charge in [-0.15, -0.1) is 0 Å². The van der Waals surface area contributed by atoms with E-state index in [4.69, 9.17) is 4.74 Å². The summed E-state index contributed by atoms with van der Waals surface area (Å²) in [5.74, 6) is 0.527. The number of hydrogen-bond acceptors (Lipinski definition) is 4. The summed E-state index contributed by atoms with van der Waals surface area (Å²) in [6.45, 7) is 2.15. The summed E-state index contributed by atoms with van der Waals surface area (Å²) in [5, 5.41) is 19.4. The van der Waals surface area contributed by atoms with Gasteiger partial charge in [0, 0.05) is 12.8 Å². The third-order valence-corrected chi connectivity index (χ3v) is 3.71. The van der Waals surface area contributed by atoms with Crippen LogP contribution >= 0.6 is 0 Å². The molecule has 4 nitrogen and oxygen atoms in total. The number of benzene rings is 1. The molecule has 4 heteroatoms. The Morgan fingerprint density at radius 2 is 2.13 bits per heavy atom. The summed E-state index contributed by atoms with van der Waals surface area (Å²) < 4.78 is 5.05. The normalized spacial score (nSPS) is 12.5. The average Bonchev–Trinajstić information content (AvgIpc) is 2.54. The van der Waals surface area contributed by atoms with Gasteiger partial charge in [-0.3, -0.25) is 4.79 Å². The molecule has 0 unspecified atom stereocenters. The summed E-state index contributed by atoms with van der Waals surface area (Å²) >= 11 is 0. The number of phenolic OH excluding ortho intramolecular Hbond substituents is 1. The Labute approximate surface area is 138 Å². The van der Waals surface area contributed by atoms with Gasteiger partial charge in [0.25, 0.3) is 0 Å². The van der Waals surface area contributed by atoms with Crippen molar-refractivity contribution in [1.29, 1.82) is 0 Å². The van der Waals surface area contributed by atoms with Crippen LogP contribution in [0.2, 0.25) is 0 Å². The molecular weight excluding hydrogens is 292 g/mol. The number of phenols is 1. The van der Waals surface area contributed by atoms with Crippen LogP contribution < -0.4 is 4.74 Å². The Morgan fingerprint density at radius 1 is 1.35 bits per heavy atom. The van der Waals surface area contributed by atoms with Crippen LogP contribution in [0.3, 0.4) is 0 Å². The zero-order valence-corrected chi connectivity index (χ0v) is 14.1. The SMILES string of the molecule is CCCCC/C=C/[C@H](O)CC(=O)CCc1ccc(O)c(OC)c1. The lowest BCUT2D eigenvalue weighted by Gasteiger charge is -2.07. The molecule has 0 fully saturated rings. The van der Waals surface area contributed by atoms with Crippen LogP contribution in [-0.2, 0) is 11.2 Å². The van der Waals surface area contributed by atoms with Crippen molar-refractivity contribution in [2.75, 3.05) is 7.11 Å². The predicted molar refractivity (Wildman–Crippen MR) is 91.9 cm³/mol. The Hall–Kier alpha value is -1.81. The quantitative estimate of drug-likeness (QED) is 0.481. The number of Topliss-reactive ketones (excluding diaryl/α,β-unsaturated/α-hetero) is 1. The first-order valence-corrected chi connectivity index (χ1v) is 8.29. The number of unbranched alkanes of at least 4 members (excludes halogenated alkanes) is 3. The zero-order valence-electron chi connectivity index (χ0n) is 14.1. The van der Waals surface area contributed by atoms with E-state index in [0.29, 0.717) is 18.6 Å². The second-order valence-electron chi connectivity index (χ2n) is 5.74. The summed E-state index contributed by atoms with van der Waals surface area (Å²) in [7, 11) is 1.49. The molecule has 0 radical (unpaired) electrons. The zero-order chi connectivity index (χ0) is 17.1. The molecule has 23 heavy (non-hydrogen) atoms. The molecule has 0 saturated carbocycles. The molecule has 0 amide bonds. The number of aryl methyl sites for hydroxylation is 1. The van der Waals surface area contributed by atoms with Gasteiger partial charge in [-0.2, -0.15) is 0 Å². The number of carbonyl (C=O) groups excluding carboxylic acids is 1. The van der Waals surface area contributed by atoms with Crippen molar-refractivity contribution in [2.45, 2.75) is 58.0 Å². The maximum absolute atomic E-state index is 11.9. The first-order valence-electron chi connectivity index (χ1n) is 8.29. The molecule has 0 heterocycles. The van der Waals surface area contributed by atoms with E-state index in [1.54, 1.807) is 24.3 Å². The topological polar surface area (TPSA) is 66.8 Å². The van der Waals surface area contributed by atoms with Crippen molar-refractivity contribution >= 4 is 5.78 Å². The number of allylic oxidation sites excluding steroid dienone is 1. The van der Waals surface area contributed by atoms with Crippen LogP contribution in [0.5, 0.6) is 11.5 Å². The Kier molecular flexibility index (Phi) is 9.07. The van der Waals surface area contributed by atoms with E-state index in [1.807, 2.05) is 6.08 Å². The molecule has 0 saturated heterocycles. The summed E-state index contributed by atoms with van der Waals surface area (Å²) in [4.78, 5) is 11.9. The van der Waals surface area contributed by atoms with E-state index in [-0.39, 0.29) is 18.0 Å². The van der Waals surface area contributed by atoms with E-state index in [1.165, 1.54) is 20.0 Å². The van der Waals surface area contributed by atoms with E-state index in [2.05, 4.69) is 6.92 Å². The summed E-state index contributed by atoms with van der Waals surface area (Å²) in [6.07, 6.45) is 8.51. The number of ether oxygens (including phenoxy) is 1. The van der Waals surface area contributed by atoms with Gasteiger partial charge in [-0.25, -0.2) is 0 Å². The van der Waals surface area contributed by atoms with Crippen molar-refractivity contribution in [1.82, 2.24) is 0 Å². The van der Waals surface area contributed by atoms with Crippen molar-refractivity contribution in [2.24, 2.45) is 0 Å². The van der Waals surface area contributed by atoms with Crippen LogP contribution in [0, 0.1) is 0 Å². The van der Waals surface area contributed by atoms with Crippen LogP contribution in [0.25, 0.3) is 0 Å². The molecule has 1 atom stereocenters. The first-order chi connectivity index (χ1) is 11.1. The Morgan fingerprint density at radius 3 is 2.83 bits per heavy atom. The standard InChI is InChI=1S/C19H28O4/c1-3-4-5-6-7-8-16(20)14-17(21)11-9-15-10-12-18(22)19(13-15)23-2/h7-8,10,12-13,16,20,22H,3-6,9,11,14H2,1-2H3/b8-7+/t16-/m0/s1. The number of carbonyl (C=O) groups is 1. The van der Waals surface area contributed by atoms with E-state index in [0.717, 1.165) is 18.4 Å². The van der Waals surface area contributed by atoms with Crippen LogP contribution in [0.4, 0.5) is 0 Å². The molecule has 0 aliphatic carbocycles.